The number of halogens is 3. The van der Waals surface area contributed by atoms with Gasteiger partial charge in [-0.15, -0.1) is 0 Å². The summed E-state index contributed by atoms with van der Waals surface area (Å²) in [7, 11) is 1.34. The van der Waals surface area contributed by atoms with Crippen molar-refractivity contribution in [3.05, 3.63) is 51.8 Å². The molecule has 0 aromatic heterocycles. The summed E-state index contributed by atoms with van der Waals surface area (Å²) in [5.74, 6) is -0.942. The van der Waals surface area contributed by atoms with Crippen molar-refractivity contribution in [2.75, 3.05) is 18.2 Å². The third kappa shape index (κ3) is 3.37. The number of anilines is 2. The molecule has 0 atom stereocenters. The van der Waals surface area contributed by atoms with Gasteiger partial charge >= 0.3 is 0 Å². The van der Waals surface area contributed by atoms with Crippen LogP contribution in [0.5, 0.6) is 5.75 Å². The SMILES string of the molecule is COc1cc(NC(=O)c2cc(Cl)c(N)c(Cl)c2)ccc1F. The summed E-state index contributed by atoms with van der Waals surface area (Å²) in [5.41, 5.74) is 6.43. The van der Waals surface area contributed by atoms with Crippen molar-refractivity contribution in [1.82, 2.24) is 0 Å². The van der Waals surface area contributed by atoms with Crippen LogP contribution in [0.4, 0.5) is 15.8 Å². The van der Waals surface area contributed by atoms with Gasteiger partial charge in [-0.3, -0.25) is 4.79 Å². The first kappa shape index (κ1) is 15.4. The molecular formula is C14H11Cl2FN2O2. The number of nitrogen functional groups attached to an aromatic ring is 1. The molecule has 7 heteroatoms. The number of nitrogens with two attached hydrogens (primary N) is 1. The average Bonchev–Trinajstić information content (AvgIpc) is 2.46. The van der Waals surface area contributed by atoms with E-state index in [-0.39, 0.29) is 27.0 Å². The van der Waals surface area contributed by atoms with Crippen molar-refractivity contribution in [3.8, 4) is 5.75 Å². The van der Waals surface area contributed by atoms with Gasteiger partial charge in [0.05, 0.1) is 22.8 Å². The summed E-state index contributed by atoms with van der Waals surface area (Å²) in [5, 5.41) is 2.96. The van der Waals surface area contributed by atoms with Crippen LogP contribution in [-0.2, 0) is 0 Å². The van der Waals surface area contributed by atoms with Gasteiger partial charge in [-0.05, 0) is 24.3 Å². The van der Waals surface area contributed by atoms with Crippen LogP contribution in [-0.4, -0.2) is 13.0 Å². The van der Waals surface area contributed by atoms with E-state index in [9.17, 15) is 9.18 Å². The minimum atomic E-state index is -0.519. The zero-order valence-electron chi connectivity index (χ0n) is 10.9. The Balaban J connectivity index is 2.26. The normalized spacial score (nSPS) is 10.3. The van der Waals surface area contributed by atoms with E-state index in [2.05, 4.69) is 5.32 Å². The molecule has 4 nitrogen and oxygen atoms in total. The minimum Gasteiger partial charge on any atom is -0.494 e. The van der Waals surface area contributed by atoms with Crippen molar-refractivity contribution in [3.63, 3.8) is 0 Å². The molecule has 21 heavy (non-hydrogen) atoms. The summed E-state index contributed by atoms with van der Waals surface area (Å²) in [4.78, 5) is 12.1. The van der Waals surface area contributed by atoms with E-state index in [1.165, 1.54) is 37.4 Å². The van der Waals surface area contributed by atoms with Gasteiger partial charge in [0.15, 0.2) is 11.6 Å². The number of carbonyl (C=O) groups is 1. The number of benzene rings is 2. The molecule has 2 aromatic rings. The lowest BCUT2D eigenvalue weighted by Gasteiger charge is -2.09. The molecule has 0 aliphatic heterocycles. The van der Waals surface area contributed by atoms with Crippen LogP contribution in [0.2, 0.25) is 10.0 Å². The molecule has 2 rings (SSSR count). The molecule has 0 radical (unpaired) electrons. The number of methoxy groups -OCH3 is 1. The highest BCUT2D eigenvalue weighted by molar-refractivity contribution is 6.39. The Morgan fingerprint density at radius 1 is 1.24 bits per heavy atom. The lowest BCUT2D eigenvalue weighted by molar-refractivity contribution is 0.102. The highest BCUT2D eigenvalue weighted by atomic mass is 35.5. The molecule has 0 heterocycles. The fourth-order valence-corrected chi connectivity index (χ4v) is 2.14. The molecule has 1 amide bonds. The number of carbonyl (C=O) groups excluding carboxylic acids is 1. The summed E-state index contributed by atoms with van der Waals surface area (Å²) in [6.07, 6.45) is 0. The topological polar surface area (TPSA) is 64.3 Å². The fraction of sp³-hybridized carbons (Fsp3) is 0.0714. The van der Waals surface area contributed by atoms with E-state index in [1.54, 1.807) is 0 Å². The van der Waals surface area contributed by atoms with Crippen molar-refractivity contribution in [2.24, 2.45) is 0 Å². The molecule has 2 aromatic carbocycles. The molecule has 0 saturated carbocycles. The van der Waals surface area contributed by atoms with E-state index in [4.69, 9.17) is 33.7 Å². The predicted octanol–water partition coefficient (Wildman–Crippen LogP) is 3.98. The van der Waals surface area contributed by atoms with Gasteiger partial charge in [0.2, 0.25) is 0 Å². The van der Waals surface area contributed by atoms with Crippen LogP contribution < -0.4 is 15.8 Å². The Bertz CT molecular complexity index is 684. The van der Waals surface area contributed by atoms with Gasteiger partial charge in [0.25, 0.3) is 5.91 Å². The number of amides is 1. The van der Waals surface area contributed by atoms with E-state index in [0.29, 0.717) is 5.69 Å². The first-order valence-corrected chi connectivity index (χ1v) is 6.57. The van der Waals surface area contributed by atoms with E-state index in [1.807, 2.05) is 0 Å². The Morgan fingerprint density at radius 2 is 1.86 bits per heavy atom. The van der Waals surface area contributed by atoms with Crippen molar-refractivity contribution in [1.29, 1.82) is 0 Å². The second-order valence-electron chi connectivity index (χ2n) is 4.16. The quantitative estimate of drug-likeness (QED) is 0.837. The Kier molecular flexibility index (Phi) is 4.55. The number of ether oxygens (including phenoxy) is 1. The smallest absolute Gasteiger partial charge is 0.255 e. The number of nitrogens with one attached hydrogen (secondary N) is 1. The molecule has 110 valence electrons. The molecule has 0 fully saturated rings. The second kappa shape index (κ2) is 6.20. The van der Waals surface area contributed by atoms with Crippen LogP contribution in [0, 0.1) is 5.82 Å². The van der Waals surface area contributed by atoms with E-state index >= 15 is 0 Å². The second-order valence-corrected chi connectivity index (χ2v) is 4.97. The van der Waals surface area contributed by atoms with Crippen LogP contribution in [0.3, 0.4) is 0 Å². The van der Waals surface area contributed by atoms with Gasteiger partial charge in [0, 0.05) is 17.3 Å². The maximum atomic E-state index is 13.3. The summed E-state index contributed by atoms with van der Waals surface area (Å²) >= 11 is 11.8. The van der Waals surface area contributed by atoms with Crippen LogP contribution in [0.1, 0.15) is 10.4 Å². The van der Waals surface area contributed by atoms with Gasteiger partial charge in [-0.2, -0.15) is 0 Å². The molecule has 0 spiro atoms. The van der Waals surface area contributed by atoms with Crippen molar-refractivity contribution >= 4 is 40.5 Å². The lowest BCUT2D eigenvalue weighted by atomic mass is 10.2. The van der Waals surface area contributed by atoms with Crippen LogP contribution in [0.15, 0.2) is 30.3 Å². The zero-order valence-corrected chi connectivity index (χ0v) is 12.4. The van der Waals surface area contributed by atoms with Crippen molar-refractivity contribution in [2.45, 2.75) is 0 Å². The summed E-state index contributed by atoms with van der Waals surface area (Å²) in [6, 6.07) is 6.78. The fourth-order valence-electron chi connectivity index (χ4n) is 1.66. The van der Waals surface area contributed by atoms with E-state index < -0.39 is 11.7 Å². The first-order valence-electron chi connectivity index (χ1n) is 5.81. The third-order valence-electron chi connectivity index (χ3n) is 2.75. The largest absolute Gasteiger partial charge is 0.494 e. The number of hydrogen-bond donors (Lipinski definition) is 2. The lowest BCUT2D eigenvalue weighted by Crippen LogP contribution is -2.12. The summed E-state index contributed by atoms with van der Waals surface area (Å²) in [6.45, 7) is 0. The minimum absolute atomic E-state index is 0.0289. The Labute approximate surface area is 130 Å². The highest BCUT2D eigenvalue weighted by Crippen LogP contribution is 2.29. The molecule has 0 unspecified atom stereocenters. The molecular weight excluding hydrogens is 318 g/mol. The van der Waals surface area contributed by atoms with Gasteiger partial charge in [-0.25, -0.2) is 4.39 Å². The highest BCUT2D eigenvalue weighted by Gasteiger charge is 2.12. The van der Waals surface area contributed by atoms with Gasteiger partial charge < -0.3 is 15.8 Å². The number of hydrogen-bond acceptors (Lipinski definition) is 3. The monoisotopic (exact) mass is 328 g/mol. The third-order valence-corrected chi connectivity index (χ3v) is 3.38. The molecule has 0 bridgehead atoms. The molecule has 3 N–H and O–H groups in total. The maximum Gasteiger partial charge on any atom is 0.255 e. The van der Waals surface area contributed by atoms with Gasteiger partial charge in [-0.1, -0.05) is 23.2 Å². The maximum absolute atomic E-state index is 13.3. The van der Waals surface area contributed by atoms with Gasteiger partial charge in [0.1, 0.15) is 0 Å². The molecule has 0 aliphatic carbocycles. The zero-order chi connectivity index (χ0) is 15.6. The van der Waals surface area contributed by atoms with Crippen molar-refractivity contribution < 1.29 is 13.9 Å². The Morgan fingerprint density at radius 3 is 2.43 bits per heavy atom. The summed E-state index contributed by atoms with van der Waals surface area (Å²) < 4.78 is 18.1. The predicted molar refractivity (Wildman–Crippen MR) is 81.8 cm³/mol. The van der Waals surface area contributed by atoms with Crippen LogP contribution in [0.25, 0.3) is 0 Å². The Hall–Kier alpha value is -1.98. The average molecular weight is 329 g/mol. The van der Waals surface area contributed by atoms with E-state index in [0.717, 1.165) is 0 Å². The molecule has 0 aliphatic rings. The first-order chi connectivity index (χ1) is 9.92. The molecule has 0 saturated heterocycles. The van der Waals surface area contributed by atoms with Crippen LogP contribution >= 0.6 is 23.2 Å². The number of rotatable bonds is 3. The standard InChI is InChI=1S/C14H11Cl2FN2O2/c1-21-12-6-8(2-3-11(12)17)19-14(20)7-4-9(15)13(18)10(16)5-7/h2-6H,18H2,1H3,(H,19,20).